The first-order chi connectivity index (χ1) is 9.29. The summed E-state index contributed by atoms with van der Waals surface area (Å²) in [6, 6.07) is 16.4. The Labute approximate surface area is 121 Å². The molecule has 0 aliphatic heterocycles. The van der Waals surface area contributed by atoms with E-state index in [1.165, 1.54) is 12.1 Å². The predicted octanol–water partition coefficient (Wildman–Crippen LogP) is 4.77. The highest BCUT2D eigenvalue weighted by Crippen LogP contribution is 2.22. The van der Waals surface area contributed by atoms with Crippen molar-refractivity contribution in [2.45, 2.75) is 12.3 Å². The third-order valence-corrected chi connectivity index (χ3v) is 3.79. The van der Waals surface area contributed by atoms with Gasteiger partial charge in [-0.25, -0.2) is 4.39 Å². The topological polar surface area (TPSA) is 9.23 Å². The number of para-hydroxylation sites is 1. The second-order valence-electron chi connectivity index (χ2n) is 4.35. The summed E-state index contributed by atoms with van der Waals surface area (Å²) in [6.07, 6.45) is 0.895. The van der Waals surface area contributed by atoms with Crippen LogP contribution in [0.4, 0.5) is 4.39 Å². The Morgan fingerprint density at radius 2 is 1.68 bits per heavy atom. The Morgan fingerprint density at radius 3 is 2.32 bits per heavy atom. The van der Waals surface area contributed by atoms with E-state index >= 15 is 0 Å². The number of benzene rings is 2. The van der Waals surface area contributed by atoms with Crippen LogP contribution in [-0.4, -0.2) is 11.9 Å². The number of halogens is 2. The van der Waals surface area contributed by atoms with Crippen molar-refractivity contribution in [2.75, 3.05) is 11.9 Å². The maximum Gasteiger partial charge on any atom is 0.123 e. The molecule has 1 nitrogen and oxygen atoms in total. The maximum absolute atomic E-state index is 12.9. The summed E-state index contributed by atoms with van der Waals surface area (Å²) in [4.78, 5) is 0. The van der Waals surface area contributed by atoms with Gasteiger partial charge in [0.15, 0.2) is 0 Å². The Hall–Kier alpha value is -1.35. The van der Waals surface area contributed by atoms with E-state index in [4.69, 9.17) is 4.74 Å². The highest BCUT2D eigenvalue weighted by molar-refractivity contribution is 9.09. The fourth-order valence-corrected chi connectivity index (χ4v) is 2.60. The Morgan fingerprint density at radius 1 is 1.00 bits per heavy atom. The predicted molar refractivity (Wildman–Crippen MR) is 79.5 cm³/mol. The van der Waals surface area contributed by atoms with Crippen molar-refractivity contribution in [3.05, 3.63) is 66.0 Å². The van der Waals surface area contributed by atoms with E-state index in [2.05, 4.69) is 15.9 Å². The first-order valence-corrected chi connectivity index (χ1v) is 7.41. The van der Waals surface area contributed by atoms with Crippen LogP contribution in [0.1, 0.15) is 17.9 Å². The molecule has 3 heteroatoms. The lowest BCUT2D eigenvalue weighted by atomic mass is 9.98. The highest BCUT2D eigenvalue weighted by Gasteiger charge is 2.10. The van der Waals surface area contributed by atoms with E-state index in [1.54, 1.807) is 0 Å². The van der Waals surface area contributed by atoms with Crippen LogP contribution in [0.2, 0.25) is 0 Å². The average Bonchev–Trinajstić information content (AvgIpc) is 2.46. The van der Waals surface area contributed by atoms with Crippen molar-refractivity contribution in [1.82, 2.24) is 0 Å². The Kier molecular flexibility index (Phi) is 5.40. The van der Waals surface area contributed by atoms with Gasteiger partial charge in [-0.05, 0) is 42.2 Å². The minimum atomic E-state index is -0.197. The van der Waals surface area contributed by atoms with E-state index < -0.39 is 0 Å². The average molecular weight is 323 g/mol. The second kappa shape index (κ2) is 7.29. The summed E-state index contributed by atoms with van der Waals surface area (Å²) in [5.74, 6) is 1.02. The summed E-state index contributed by atoms with van der Waals surface area (Å²) < 4.78 is 18.6. The van der Waals surface area contributed by atoms with Gasteiger partial charge in [0.2, 0.25) is 0 Å². The van der Waals surface area contributed by atoms with Gasteiger partial charge in [-0.15, -0.1) is 0 Å². The molecule has 0 aromatic heterocycles. The van der Waals surface area contributed by atoms with Gasteiger partial charge in [0.05, 0.1) is 6.61 Å². The molecule has 0 heterocycles. The molecular formula is C16H16BrFO. The summed E-state index contributed by atoms with van der Waals surface area (Å²) in [5, 5.41) is 0.844. The van der Waals surface area contributed by atoms with Gasteiger partial charge in [-0.2, -0.15) is 0 Å². The SMILES string of the molecule is Fc1ccc(C(CBr)CCOc2ccccc2)cc1. The van der Waals surface area contributed by atoms with Crippen LogP contribution >= 0.6 is 15.9 Å². The third kappa shape index (κ3) is 4.35. The molecule has 0 aliphatic rings. The first-order valence-electron chi connectivity index (χ1n) is 6.29. The molecule has 0 bridgehead atoms. The minimum Gasteiger partial charge on any atom is -0.494 e. The van der Waals surface area contributed by atoms with Gasteiger partial charge in [0, 0.05) is 5.33 Å². The molecule has 0 aliphatic carbocycles. The smallest absolute Gasteiger partial charge is 0.123 e. The Bertz CT molecular complexity index is 484. The maximum atomic E-state index is 12.9. The van der Waals surface area contributed by atoms with Crippen molar-refractivity contribution < 1.29 is 9.13 Å². The third-order valence-electron chi connectivity index (χ3n) is 3.01. The van der Waals surface area contributed by atoms with Gasteiger partial charge < -0.3 is 4.74 Å². The summed E-state index contributed by atoms with van der Waals surface area (Å²) in [5.41, 5.74) is 1.13. The van der Waals surface area contributed by atoms with Crippen molar-refractivity contribution in [2.24, 2.45) is 0 Å². The summed E-state index contributed by atoms with van der Waals surface area (Å²) >= 11 is 3.51. The first kappa shape index (κ1) is 14.1. The van der Waals surface area contributed by atoms with Crippen LogP contribution in [0.15, 0.2) is 54.6 Å². The molecule has 19 heavy (non-hydrogen) atoms. The standard InChI is InChI=1S/C16H16BrFO/c17-12-14(13-6-8-15(18)9-7-13)10-11-19-16-4-2-1-3-5-16/h1-9,14H,10-12H2. The minimum absolute atomic E-state index is 0.197. The van der Waals surface area contributed by atoms with Crippen LogP contribution in [-0.2, 0) is 0 Å². The number of hydrogen-bond donors (Lipinski definition) is 0. The summed E-state index contributed by atoms with van der Waals surface area (Å²) in [7, 11) is 0. The number of hydrogen-bond acceptors (Lipinski definition) is 1. The molecule has 0 spiro atoms. The molecule has 0 N–H and O–H groups in total. The van der Waals surface area contributed by atoms with Gasteiger partial charge in [-0.1, -0.05) is 46.3 Å². The van der Waals surface area contributed by atoms with Gasteiger partial charge in [0.25, 0.3) is 0 Å². The van der Waals surface area contributed by atoms with Gasteiger partial charge in [-0.3, -0.25) is 0 Å². The molecule has 0 amide bonds. The summed E-state index contributed by atoms with van der Waals surface area (Å²) in [6.45, 7) is 0.650. The molecular weight excluding hydrogens is 307 g/mol. The van der Waals surface area contributed by atoms with Gasteiger partial charge in [0.1, 0.15) is 11.6 Å². The largest absolute Gasteiger partial charge is 0.494 e. The van der Waals surface area contributed by atoms with E-state index in [0.29, 0.717) is 12.5 Å². The zero-order valence-corrected chi connectivity index (χ0v) is 12.1. The second-order valence-corrected chi connectivity index (χ2v) is 5.00. The molecule has 100 valence electrons. The fourth-order valence-electron chi connectivity index (χ4n) is 1.90. The molecule has 2 aromatic carbocycles. The monoisotopic (exact) mass is 322 g/mol. The van der Waals surface area contributed by atoms with Gasteiger partial charge >= 0.3 is 0 Å². The lowest BCUT2D eigenvalue weighted by Gasteiger charge is -2.15. The van der Waals surface area contributed by atoms with Crippen molar-refractivity contribution in [3.8, 4) is 5.75 Å². The normalized spacial score (nSPS) is 12.1. The number of ether oxygens (including phenoxy) is 1. The molecule has 1 unspecified atom stereocenters. The zero-order valence-electron chi connectivity index (χ0n) is 10.6. The van der Waals surface area contributed by atoms with E-state index in [0.717, 1.165) is 23.1 Å². The lowest BCUT2D eigenvalue weighted by molar-refractivity contribution is 0.301. The molecule has 0 saturated heterocycles. The van der Waals surface area contributed by atoms with E-state index in [-0.39, 0.29) is 5.82 Å². The molecule has 1 atom stereocenters. The Balaban J connectivity index is 1.87. The van der Waals surface area contributed by atoms with Crippen molar-refractivity contribution in [1.29, 1.82) is 0 Å². The zero-order chi connectivity index (χ0) is 13.5. The molecule has 2 aromatic rings. The van der Waals surface area contributed by atoms with Crippen LogP contribution in [0.25, 0.3) is 0 Å². The fraction of sp³-hybridized carbons (Fsp3) is 0.250. The number of alkyl halides is 1. The van der Waals surface area contributed by atoms with Crippen molar-refractivity contribution >= 4 is 15.9 Å². The van der Waals surface area contributed by atoms with Crippen LogP contribution in [0.5, 0.6) is 5.75 Å². The van der Waals surface area contributed by atoms with Crippen LogP contribution in [0, 0.1) is 5.82 Å². The van der Waals surface area contributed by atoms with Crippen LogP contribution in [0.3, 0.4) is 0 Å². The van der Waals surface area contributed by atoms with Crippen molar-refractivity contribution in [3.63, 3.8) is 0 Å². The van der Waals surface area contributed by atoms with Crippen LogP contribution < -0.4 is 4.74 Å². The van der Waals surface area contributed by atoms with E-state index in [1.807, 2.05) is 42.5 Å². The quantitative estimate of drug-likeness (QED) is 0.696. The molecule has 0 fully saturated rings. The molecule has 0 radical (unpaired) electrons. The molecule has 0 saturated carbocycles. The number of rotatable bonds is 6. The molecule has 2 rings (SSSR count). The highest BCUT2D eigenvalue weighted by atomic mass is 79.9. The lowest BCUT2D eigenvalue weighted by Crippen LogP contribution is -2.07. The van der Waals surface area contributed by atoms with E-state index in [9.17, 15) is 4.39 Å².